The van der Waals surface area contributed by atoms with E-state index >= 15 is 0 Å². The molecule has 0 radical (unpaired) electrons. The smallest absolute Gasteiger partial charge is 0.0210 e. The highest BCUT2D eigenvalue weighted by Gasteiger charge is 2.60. The lowest BCUT2D eigenvalue weighted by Gasteiger charge is -2.66. The van der Waals surface area contributed by atoms with E-state index in [0.29, 0.717) is 5.41 Å². The summed E-state index contributed by atoms with van der Waals surface area (Å²) in [5, 5.41) is 0. The molecule has 0 N–H and O–H groups in total. The Labute approximate surface area is 135 Å². The van der Waals surface area contributed by atoms with Gasteiger partial charge in [0.1, 0.15) is 0 Å². The summed E-state index contributed by atoms with van der Waals surface area (Å²) >= 11 is 0. The van der Waals surface area contributed by atoms with Crippen molar-refractivity contribution < 1.29 is 0 Å². The van der Waals surface area contributed by atoms with E-state index in [2.05, 4.69) is 55.4 Å². The Balaban J connectivity index is 3.09. The van der Waals surface area contributed by atoms with Crippen molar-refractivity contribution in [2.75, 3.05) is 0 Å². The monoisotopic (exact) mass is 294 g/mol. The van der Waals surface area contributed by atoms with Crippen molar-refractivity contribution in [2.24, 2.45) is 40.9 Å². The summed E-state index contributed by atoms with van der Waals surface area (Å²) in [6, 6.07) is 0. The van der Waals surface area contributed by atoms with Gasteiger partial charge in [0.25, 0.3) is 0 Å². The van der Waals surface area contributed by atoms with E-state index in [9.17, 15) is 0 Å². The van der Waals surface area contributed by atoms with Crippen LogP contribution in [0.15, 0.2) is 0 Å². The molecule has 0 aromatic rings. The van der Waals surface area contributed by atoms with Crippen LogP contribution in [0.1, 0.15) is 93.9 Å². The van der Waals surface area contributed by atoms with Gasteiger partial charge >= 0.3 is 0 Å². The zero-order valence-corrected chi connectivity index (χ0v) is 16.2. The van der Waals surface area contributed by atoms with Gasteiger partial charge in [-0.25, -0.2) is 0 Å². The molecule has 126 valence electrons. The van der Waals surface area contributed by atoms with Crippen molar-refractivity contribution in [1.29, 1.82) is 0 Å². The van der Waals surface area contributed by atoms with Crippen LogP contribution in [0.4, 0.5) is 0 Å². The first-order valence-electron chi connectivity index (χ1n) is 9.94. The van der Waals surface area contributed by atoms with E-state index in [0.717, 1.165) is 35.5 Å². The van der Waals surface area contributed by atoms with E-state index < -0.39 is 0 Å². The minimum atomic E-state index is 0.633. The molecular formula is C21H42. The Kier molecular flexibility index (Phi) is 7.28. The second kappa shape index (κ2) is 8.02. The van der Waals surface area contributed by atoms with Gasteiger partial charge in [0, 0.05) is 0 Å². The topological polar surface area (TPSA) is 0 Å². The Morgan fingerprint density at radius 3 is 1.90 bits per heavy atom. The molecule has 1 aliphatic rings. The Bertz CT molecular complexity index is 294. The van der Waals surface area contributed by atoms with E-state index in [4.69, 9.17) is 0 Å². The highest BCUT2D eigenvalue weighted by atomic mass is 14.6. The average molecular weight is 295 g/mol. The van der Waals surface area contributed by atoms with Crippen molar-refractivity contribution in [1.82, 2.24) is 0 Å². The summed E-state index contributed by atoms with van der Waals surface area (Å²) < 4.78 is 0. The molecule has 0 heterocycles. The van der Waals surface area contributed by atoms with Crippen LogP contribution in [0, 0.1) is 40.9 Å². The molecule has 1 saturated carbocycles. The van der Waals surface area contributed by atoms with Crippen molar-refractivity contribution in [2.45, 2.75) is 93.9 Å². The lowest BCUT2D eigenvalue weighted by Crippen LogP contribution is -2.60. The van der Waals surface area contributed by atoms with Crippen molar-refractivity contribution in [3.05, 3.63) is 0 Å². The molecule has 1 rings (SSSR count). The molecule has 0 aromatic heterocycles. The molecule has 1 fully saturated rings. The molecule has 0 spiro atoms. The zero-order valence-electron chi connectivity index (χ0n) is 16.2. The van der Waals surface area contributed by atoms with Gasteiger partial charge in [-0.05, 0) is 53.8 Å². The van der Waals surface area contributed by atoms with Crippen LogP contribution in [-0.4, -0.2) is 0 Å². The second-order valence-electron chi connectivity index (χ2n) is 8.08. The van der Waals surface area contributed by atoms with Crippen molar-refractivity contribution in [3.8, 4) is 0 Å². The minimum absolute atomic E-state index is 0.633. The largest absolute Gasteiger partial charge is 0.0651 e. The molecular weight excluding hydrogens is 252 g/mol. The van der Waals surface area contributed by atoms with Crippen molar-refractivity contribution in [3.63, 3.8) is 0 Å². The quantitative estimate of drug-likeness (QED) is 0.422. The van der Waals surface area contributed by atoms with Gasteiger partial charge in [0.2, 0.25) is 0 Å². The van der Waals surface area contributed by atoms with E-state index in [1.54, 1.807) is 0 Å². The SMILES string of the molecule is CCC(C)CC1C(CC)C(C)C1(CC)C(CC)C(C)CC. The molecule has 0 nitrogen and oxygen atoms in total. The molecule has 7 unspecified atom stereocenters. The van der Waals surface area contributed by atoms with Crippen LogP contribution in [-0.2, 0) is 0 Å². The lowest BCUT2D eigenvalue weighted by atomic mass is 9.39. The summed E-state index contributed by atoms with van der Waals surface area (Å²) in [6.45, 7) is 19.7. The number of rotatable bonds is 9. The van der Waals surface area contributed by atoms with Gasteiger partial charge in [-0.3, -0.25) is 0 Å². The molecule has 0 saturated heterocycles. The summed E-state index contributed by atoms with van der Waals surface area (Å²) in [5.41, 5.74) is 0.633. The fourth-order valence-corrected chi connectivity index (χ4v) is 6.05. The minimum Gasteiger partial charge on any atom is -0.0651 e. The van der Waals surface area contributed by atoms with Crippen LogP contribution >= 0.6 is 0 Å². The number of hydrogen-bond donors (Lipinski definition) is 0. The van der Waals surface area contributed by atoms with Gasteiger partial charge in [-0.1, -0.05) is 81.1 Å². The van der Waals surface area contributed by atoms with Gasteiger partial charge in [-0.2, -0.15) is 0 Å². The second-order valence-corrected chi connectivity index (χ2v) is 8.08. The van der Waals surface area contributed by atoms with Gasteiger partial charge in [0.05, 0.1) is 0 Å². The maximum Gasteiger partial charge on any atom is -0.0210 e. The first-order chi connectivity index (χ1) is 9.94. The van der Waals surface area contributed by atoms with Crippen LogP contribution in [0.5, 0.6) is 0 Å². The van der Waals surface area contributed by atoms with Crippen LogP contribution in [0.3, 0.4) is 0 Å². The standard InChI is InChI=1S/C21H42/c1-9-15(6)14-20-18(11-3)17(8)21(20,13-5)19(12-4)16(7)10-2/h15-20H,9-14H2,1-8H3. The third-order valence-corrected chi connectivity index (χ3v) is 7.60. The van der Waals surface area contributed by atoms with Gasteiger partial charge in [0.15, 0.2) is 0 Å². The summed E-state index contributed by atoms with van der Waals surface area (Å²) in [7, 11) is 0. The average Bonchev–Trinajstić information content (AvgIpc) is 2.51. The zero-order chi connectivity index (χ0) is 16.2. The summed E-state index contributed by atoms with van der Waals surface area (Å²) in [6.07, 6.45) is 8.33. The third kappa shape index (κ3) is 3.20. The predicted octanol–water partition coefficient (Wildman–Crippen LogP) is 7.18. The predicted molar refractivity (Wildman–Crippen MR) is 96.5 cm³/mol. The van der Waals surface area contributed by atoms with Crippen molar-refractivity contribution >= 4 is 0 Å². The Morgan fingerprint density at radius 2 is 1.52 bits per heavy atom. The first-order valence-corrected chi connectivity index (χ1v) is 9.94. The summed E-state index contributed by atoms with van der Waals surface area (Å²) in [4.78, 5) is 0. The highest BCUT2D eigenvalue weighted by Crippen LogP contribution is 2.66. The highest BCUT2D eigenvalue weighted by molar-refractivity contribution is 5.08. The van der Waals surface area contributed by atoms with Crippen LogP contribution in [0.25, 0.3) is 0 Å². The number of hydrogen-bond acceptors (Lipinski definition) is 0. The Hall–Kier alpha value is 0. The molecule has 21 heavy (non-hydrogen) atoms. The lowest BCUT2D eigenvalue weighted by molar-refractivity contribution is -0.180. The van der Waals surface area contributed by atoms with Crippen LogP contribution < -0.4 is 0 Å². The Morgan fingerprint density at radius 1 is 0.905 bits per heavy atom. The third-order valence-electron chi connectivity index (χ3n) is 7.60. The van der Waals surface area contributed by atoms with Gasteiger partial charge in [-0.15, -0.1) is 0 Å². The molecule has 7 atom stereocenters. The van der Waals surface area contributed by atoms with E-state index in [1.807, 2.05) is 0 Å². The first kappa shape index (κ1) is 19.0. The van der Waals surface area contributed by atoms with E-state index in [1.165, 1.54) is 38.5 Å². The molecule has 0 heteroatoms. The van der Waals surface area contributed by atoms with Crippen LogP contribution in [0.2, 0.25) is 0 Å². The summed E-state index contributed by atoms with van der Waals surface area (Å²) in [5.74, 6) is 5.61. The molecule has 0 amide bonds. The maximum atomic E-state index is 2.58. The normalized spacial score (nSPS) is 36.9. The van der Waals surface area contributed by atoms with Gasteiger partial charge < -0.3 is 0 Å². The molecule has 0 bridgehead atoms. The molecule has 0 aliphatic heterocycles. The maximum absolute atomic E-state index is 2.58. The molecule has 0 aromatic carbocycles. The molecule has 1 aliphatic carbocycles. The fourth-order valence-electron chi connectivity index (χ4n) is 6.05. The van der Waals surface area contributed by atoms with E-state index in [-0.39, 0.29) is 0 Å². The fraction of sp³-hybridized carbons (Fsp3) is 1.00.